The Balaban J connectivity index is 1.85. The average Bonchev–Trinajstić information content (AvgIpc) is 2.48. The minimum Gasteiger partial charge on any atom is -0.399 e. The number of Topliss-reactive ketones (excluding diaryl/α,β-unsaturated/α-hetero) is 1. The minimum atomic E-state index is 0.0489. The van der Waals surface area contributed by atoms with Gasteiger partial charge in [0.15, 0.2) is 5.78 Å². The first-order valence-electron chi connectivity index (χ1n) is 6.46. The van der Waals surface area contributed by atoms with Crippen molar-refractivity contribution in [2.45, 2.75) is 6.42 Å². The van der Waals surface area contributed by atoms with Gasteiger partial charge in [0.25, 0.3) is 0 Å². The summed E-state index contributed by atoms with van der Waals surface area (Å²) in [6, 6.07) is 18.7. The van der Waals surface area contributed by atoms with Crippen molar-refractivity contribution < 1.29 is 4.79 Å². The molecule has 0 aliphatic carbocycles. The zero-order chi connectivity index (χ0) is 13.9. The highest BCUT2D eigenvalue weighted by Crippen LogP contribution is 2.14. The third-order valence-electron chi connectivity index (χ3n) is 3.23. The SMILES string of the molecule is Nc1ccc(C(=O)Cc2ccc3ccccc3n2)cc1. The summed E-state index contributed by atoms with van der Waals surface area (Å²) in [6.07, 6.45) is 0.300. The highest BCUT2D eigenvalue weighted by Gasteiger charge is 2.08. The van der Waals surface area contributed by atoms with Gasteiger partial charge in [-0.05, 0) is 36.4 Å². The first-order chi connectivity index (χ1) is 9.72. The van der Waals surface area contributed by atoms with Crippen LogP contribution in [0, 0.1) is 0 Å². The first kappa shape index (κ1) is 12.4. The van der Waals surface area contributed by atoms with E-state index in [0.29, 0.717) is 17.7 Å². The van der Waals surface area contributed by atoms with Crippen molar-refractivity contribution in [3.8, 4) is 0 Å². The van der Waals surface area contributed by atoms with E-state index >= 15 is 0 Å². The van der Waals surface area contributed by atoms with Crippen LogP contribution in [-0.4, -0.2) is 10.8 Å². The van der Waals surface area contributed by atoms with Crippen LogP contribution in [0.4, 0.5) is 5.69 Å². The lowest BCUT2D eigenvalue weighted by Gasteiger charge is -2.03. The van der Waals surface area contributed by atoms with Gasteiger partial charge in [0.2, 0.25) is 0 Å². The highest BCUT2D eigenvalue weighted by atomic mass is 16.1. The number of aromatic nitrogens is 1. The standard InChI is InChI=1S/C17H14N2O/c18-14-8-5-13(6-9-14)17(20)11-15-10-7-12-3-1-2-4-16(12)19-15/h1-10H,11,18H2. The van der Waals surface area contributed by atoms with Crippen LogP contribution in [-0.2, 0) is 6.42 Å². The Morgan fingerprint density at radius 3 is 2.50 bits per heavy atom. The molecule has 2 N–H and O–H groups in total. The van der Waals surface area contributed by atoms with Crippen molar-refractivity contribution >= 4 is 22.4 Å². The van der Waals surface area contributed by atoms with Gasteiger partial charge in [0.05, 0.1) is 11.9 Å². The molecule has 0 bridgehead atoms. The van der Waals surface area contributed by atoms with Gasteiger partial charge < -0.3 is 5.73 Å². The number of fused-ring (bicyclic) bond motifs is 1. The van der Waals surface area contributed by atoms with E-state index in [9.17, 15) is 4.79 Å². The van der Waals surface area contributed by atoms with Crippen LogP contribution in [0.15, 0.2) is 60.7 Å². The van der Waals surface area contributed by atoms with E-state index in [1.165, 1.54) is 0 Å². The molecule has 0 amide bonds. The summed E-state index contributed by atoms with van der Waals surface area (Å²) in [7, 11) is 0. The molecule has 3 nitrogen and oxygen atoms in total. The molecule has 0 saturated carbocycles. The Morgan fingerprint density at radius 2 is 1.70 bits per heavy atom. The van der Waals surface area contributed by atoms with Crippen LogP contribution in [0.25, 0.3) is 10.9 Å². The number of pyridine rings is 1. The minimum absolute atomic E-state index is 0.0489. The van der Waals surface area contributed by atoms with Crippen molar-refractivity contribution in [3.05, 3.63) is 71.9 Å². The third kappa shape index (κ3) is 2.52. The van der Waals surface area contributed by atoms with E-state index in [1.54, 1.807) is 24.3 Å². The van der Waals surface area contributed by atoms with E-state index in [2.05, 4.69) is 4.98 Å². The van der Waals surface area contributed by atoms with Crippen LogP contribution in [0.2, 0.25) is 0 Å². The molecule has 0 fully saturated rings. The molecular formula is C17H14N2O. The zero-order valence-electron chi connectivity index (χ0n) is 10.9. The second kappa shape index (κ2) is 5.13. The lowest BCUT2D eigenvalue weighted by molar-refractivity contribution is 0.0992. The Hall–Kier alpha value is -2.68. The number of carbonyl (C=O) groups excluding carboxylic acids is 1. The summed E-state index contributed by atoms with van der Waals surface area (Å²) in [5.74, 6) is 0.0489. The molecule has 0 unspecified atom stereocenters. The molecule has 2 aromatic carbocycles. The Kier molecular flexibility index (Phi) is 3.17. The van der Waals surface area contributed by atoms with Gasteiger partial charge in [-0.25, -0.2) is 0 Å². The van der Waals surface area contributed by atoms with E-state index < -0.39 is 0 Å². The monoisotopic (exact) mass is 262 g/mol. The lowest BCUT2D eigenvalue weighted by Crippen LogP contribution is -2.05. The van der Waals surface area contributed by atoms with Crippen molar-refractivity contribution in [2.24, 2.45) is 0 Å². The molecular weight excluding hydrogens is 248 g/mol. The fraction of sp³-hybridized carbons (Fsp3) is 0.0588. The number of ketones is 1. The summed E-state index contributed by atoms with van der Waals surface area (Å²) < 4.78 is 0. The number of benzene rings is 2. The second-order valence-corrected chi connectivity index (χ2v) is 4.72. The predicted octanol–water partition coefficient (Wildman–Crippen LogP) is 3.24. The molecule has 3 aromatic rings. The van der Waals surface area contributed by atoms with Gasteiger partial charge >= 0.3 is 0 Å². The molecule has 0 aliphatic rings. The number of hydrogen-bond donors (Lipinski definition) is 1. The first-order valence-corrected chi connectivity index (χ1v) is 6.46. The molecule has 20 heavy (non-hydrogen) atoms. The summed E-state index contributed by atoms with van der Waals surface area (Å²) in [4.78, 5) is 16.7. The van der Waals surface area contributed by atoms with Gasteiger partial charge in [-0.2, -0.15) is 0 Å². The molecule has 3 heteroatoms. The van der Waals surface area contributed by atoms with E-state index in [4.69, 9.17) is 5.73 Å². The highest BCUT2D eigenvalue weighted by molar-refractivity contribution is 5.97. The quantitative estimate of drug-likeness (QED) is 0.582. The lowest BCUT2D eigenvalue weighted by atomic mass is 10.1. The molecule has 0 saturated heterocycles. The van der Waals surface area contributed by atoms with E-state index in [-0.39, 0.29) is 5.78 Å². The summed E-state index contributed by atoms with van der Waals surface area (Å²) in [6.45, 7) is 0. The zero-order valence-corrected chi connectivity index (χ0v) is 10.9. The predicted molar refractivity (Wildman–Crippen MR) is 80.6 cm³/mol. The van der Waals surface area contributed by atoms with Gasteiger partial charge in [0, 0.05) is 22.3 Å². The molecule has 0 spiro atoms. The number of rotatable bonds is 3. The van der Waals surface area contributed by atoms with Gasteiger partial charge in [-0.3, -0.25) is 9.78 Å². The fourth-order valence-electron chi connectivity index (χ4n) is 2.14. The topological polar surface area (TPSA) is 56.0 Å². The number of carbonyl (C=O) groups is 1. The Bertz CT molecular complexity index is 763. The summed E-state index contributed by atoms with van der Waals surface area (Å²) >= 11 is 0. The van der Waals surface area contributed by atoms with Crippen LogP contribution < -0.4 is 5.73 Å². The van der Waals surface area contributed by atoms with Crippen molar-refractivity contribution in [2.75, 3.05) is 5.73 Å². The molecule has 0 radical (unpaired) electrons. The maximum atomic E-state index is 12.2. The molecule has 0 atom stereocenters. The van der Waals surface area contributed by atoms with Crippen molar-refractivity contribution in [1.29, 1.82) is 0 Å². The van der Waals surface area contributed by atoms with Crippen LogP contribution in [0.5, 0.6) is 0 Å². The number of hydrogen-bond acceptors (Lipinski definition) is 3. The van der Waals surface area contributed by atoms with Crippen molar-refractivity contribution in [1.82, 2.24) is 4.98 Å². The largest absolute Gasteiger partial charge is 0.399 e. The fourth-order valence-corrected chi connectivity index (χ4v) is 2.14. The van der Waals surface area contributed by atoms with Gasteiger partial charge in [0.1, 0.15) is 0 Å². The van der Waals surface area contributed by atoms with Gasteiger partial charge in [-0.15, -0.1) is 0 Å². The molecule has 1 heterocycles. The van der Waals surface area contributed by atoms with E-state index in [0.717, 1.165) is 16.6 Å². The number of anilines is 1. The third-order valence-corrected chi connectivity index (χ3v) is 3.23. The van der Waals surface area contributed by atoms with Crippen LogP contribution >= 0.6 is 0 Å². The number of para-hydroxylation sites is 1. The smallest absolute Gasteiger partial charge is 0.168 e. The van der Waals surface area contributed by atoms with Crippen molar-refractivity contribution in [3.63, 3.8) is 0 Å². The maximum absolute atomic E-state index is 12.2. The Morgan fingerprint density at radius 1 is 0.950 bits per heavy atom. The normalized spacial score (nSPS) is 10.6. The average molecular weight is 262 g/mol. The number of nitrogens with zero attached hydrogens (tertiary/aromatic N) is 1. The summed E-state index contributed by atoms with van der Waals surface area (Å²) in [5, 5.41) is 1.08. The molecule has 3 rings (SSSR count). The Labute approximate surface area is 117 Å². The van der Waals surface area contributed by atoms with Crippen LogP contribution in [0.3, 0.4) is 0 Å². The second-order valence-electron chi connectivity index (χ2n) is 4.72. The molecule has 98 valence electrons. The molecule has 0 aliphatic heterocycles. The summed E-state index contributed by atoms with van der Waals surface area (Å²) in [5.41, 5.74) is 8.63. The van der Waals surface area contributed by atoms with E-state index in [1.807, 2.05) is 36.4 Å². The van der Waals surface area contributed by atoms with Crippen LogP contribution in [0.1, 0.15) is 16.1 Å². The van der Waals surface area contributed by atoms with Gasteiger partial charge in [-0.1, -0.05) is 24.3 Å². The number of nitrogens with two attached hydrogens (primary N) is 1. The maximum Gasteiger partial charge on any atom is 0.168 e. The molecule has 1 aromatic heterocycles. The number of nitrogen functional groups attached to an aromatic ring is 1.